The molecular weight excluding hydrogens is 267 g/mol. The van der Waals surface area contributed by atoms with Crippen molar-refractivity contribution < 1.29 is 14.1 Å². The van der Waals surface area contributed by atoms with Gasteiger partial charge >= 0.3 is 0 Å². The molecule has 0 unspecified atom stereocenters. The molecule has 0 spiro atoms. The number of nitrogens with zero attached hydrogens (tertiary/aromatic N) is 1. The number of nitrogens with two attached hydrogens (primary N) is 1. The van der Waals surface area contributed by atoms with Crippen molar-refractivity contribution in [2.24, 2.45) is 0 Å². The van der Waals surface area contributed by atoms with Gasteiger partial charge in [0.05, 0.1) is 16.6 Å². The Labute approximate surface area is 115 Å². The molecule has 1 rings (SSSR count). The molecule has 0 heterocycles. The van der Waals surface area contributed by atoms with Crippen LogP contribution in [0.5, 0.6) is 0 Å². The largest absolute Gasteiger partial charge is 0.393 e. The predicted molar refractivity (Wildman–Crippen MR) is 73.0 cm³/mol. The van der Waals surface area contributed by atoms with Crippen LogP contribution in [0, 0.1) is 15.9 Å². The maximum atomic E-state index is 13.3. The predicted octanol–water partition coefficient (Wildman–Crippen LogP) is 1.05. The minimum Gasteiger partial charge on any atom is -0.393 e. The molecule has 1 amide bonds. The molecule has 20 heavy (non-hydrogen) atoms. The highest BCUT2D eigenvalue weighted by Crippen LogP contribution is 2.26. The van der Waals surface area contributed by atoms with Gasteiger partial charge in [0.25, 0.3) is 11.6 Å². The summed E-state index contributed by atoms with van der Waals surface area (Å²) in [5.74, 6) is -1.51. The molecule has 0 bridgehead atoms. The molecule has 0 aliphatic rings. The van der Waals surface area contributed by atoms with E-state index in [2.05, 4.69) is 10.6 Å². The third-order valence-corrected chi connectivity index (χ3v) is 2.58. The number of nitro benzene ring substituents is 1. The number of amides is 1. The maximum absolute atomic E-state index is 13.3. The summed E-state index contributed by atoms with van der Waals surface area (Å²) < 4.78 is 13.3. The number of anilines is 1. The number of carbonyl (C=O) groups is 1. The highest BCUT2D eigenvalue weighted by molar-refractivity contribution is 6.01. The number of halogens is 1. The fourth-order valence-corrected chi connectivity index (χ4v) is 1.60. The number of carbonyl (C=O) groups excluding carboxylic acids is 1. The Bertz CT molecular complexity index is 508. The Morgan fingerprint density at radius 3 is 2.70 bits per heavy atom. The highest BCUT2D eigenvalue weighted by atomic mass is 19.1. The van der Waals surface area contributed by atoms with Gasteiger partial charge in [0.15, 0.2) is 0 Å². The topological polar surface area (TPSA) is 110 Å². The summed E-state index contributed by atoms with van der Waals surface area (Å²) in [5.41, 5.74) is 4.34. The number of nitrogens with one attached hydrogen (secondary N) is 2. The van der Waals surface area contributed by atoms with Gasteiger partial charge in [0.2, 0.25) is 0 Å². The van der Waals surface area contributed by atoms with Gasteiger partial charge in [-0.25, -0.2) is 4.39 Å². The van der Waals surface area contributed by atoms with Crippen LogP contribution < -0.4 is 16.4 Å². The van der Waals surface area contributed by atoms with Crippen molar-refractivity contribution in [1.82, 2.24) is 10.6 Å². The minimum absolute atomic E-state index is 0.229. The van der Waals surface area contributed by atoms with E-state index in [1.165, 1.54) is 0 Å². The quantitative estimate of drug-likeness (QED) is 0.300. The molecule has 7 nitrogen and oxygen atoms in total. The Balaban J connectivity index is 2.75. The number of rotatable bonds is 7. The van der Waals surface area contributed by atoms with Crippen LogP contribution in [-0.2, 0) is 0 Å². The average molecular weight is 284 g/mol. The molecule has 0 saturated heterocycles. The van der Waals surface area contributed by atoms with E-state index >= 15 is 0 Å². The number of nitro groups is 1. The molecule has 0 aliphatic carbocycles. The second kappa shape index (κ2) is 7.39. The van der Waals surface area contributed by atoms with Gasteiger partial charge in [0.1, 0.15) is 11.5 Å². The second-order valence-corrected chi connectivity index (χ2v) is 4.15. The lowest BCUT2D eigenvalue weighted by molar-refractivity contribution is -0.384. The Morgan fingerprint density at radius 2 is 2.10 bits per heavy atom. The normalized spacial score (nSPS) is 10.3. The molecule has 4 N–H and O–H groups in total. The minimum atomic E-state index is -0.875. The maximum Gasteiger partial charge on any atom is 0.295 e. The molecule has 8 heteroatoms. The van der Waals surface area contributed by atoms with Crippen molar-refractivity contribution in [3.05, 3.63) is 33.6 Å². The zero-order valence-electron chi connectivity index (χ0n) is 11.1. The number of hydrogen-bond donors (Lipinski definition) is 3. The average Bonchev–Trinajstić information content (AvgIpc) is 2.40. The summed E-state index contributed by atoms with van der Waals surface area (Å²) in [7, 11) is 0. The van der Waals surface area contributed by atoms with Crippen molar-refractivity contribution in [2.45, 2.75) is 13.3 Å². The first-order chi connectivity index (χ1) is 9.47. The molecule has 0 fully saturated rings. The van der Waals surface area contributed by atoms with Crippen LogP contribution in [0.15, 0.2) is 12.1 Å². The molecule has 110 valence electrons. The van der Waals surface area contributed by atoms with Crippen molar-refractivity contribution >= 4 is 17.3 Å². The van der Waals surface area contributed by atoms with Gasteiger partial charge in [-0.1, -0.05) is 6.92 Å². The summed E-state index contributed by atoms with van der Waals surface area (Å²) in [5, 5.41) is 16.3. The lowest BCUT2D eigenvalue weighted by Gasteiger charge is -2.08. The van der Waals surface area contributed by atoms with Gasteiger partial charge in [-0.3, -0.25) is 14.9 Å². The van der Waals surface area contributed by atoms with E-state index in [-0.39, 0.29) is 11.3 Å². The van der Waals surface area contributed by atoms with Crippen molar-refractivity contribution in [3.8, 4) is 0 Å². The van der Waals surface area contributed by atoms with Crippen molar-refractivity contribution in [1.29, 1.82) is 0 Å². The Kier molecular flexibility index (Phi) is 5.85. The van der Waals surface area contributed by atoms with Gasteiger partial charge in [-0.05, 0) is 19.0 Å². The lowest BCUT2D eigenvalue weighted by Crippen LogP contribution is -2.32. The van der Waals surface area contributed by atoms with Gasteiger partial charge < -0.3 is 16.4 Å². The second-order valence-electron chi connectivity index (χ2n) is 4.15. The van der Waals surface area contributed by atoms with Gasteiger partial charge in [-0.15, -0.1) is 0 Å². The van der Waals surface area contributed by atoms with E-state index in [9.17, 15) is 19.3 Å². The molecule has 0 saturated carbocycles. The fraction of sp³-hybridized carbons (Fsp3) is 0.417. The smallest absolute Gasteiger partial charge is 0.295 e. The first-order valence-electron chi connectivity index (χ1n) is 6.19. The monoisotopic (exact) mass is 284 g/mol. The van der Waals surface area contributed by atoms with Crippen LogP contribution in [0.25, 0.3) is 0 Å². The van der Waals surface area contributed by atoms with Crippen LogP contribution in [0.4, 0.5) is 15.8 Å². The van der Waals surface area contributed by atoms with Crippen LogP contribution in [-0.4, -0.2) is 30.5 Å². The van der Waals surface area contributed by atoms with E-state index in [0.717, 1.165) is 19.0 Å². The van der Waals surface area contributed by atoms with Crippen LogP contribution >= 0.6 is 0 Å². The standard InChI is InChI=1S/C12H17FN4O3/c1-2-3-15-4-5-16-12(18)9-6-8(13)7-10(11(9)14)17(19)20/h6-7,15H,2-5,14H2,1H3,(H,16,18). The third-order valence-electron chi connectivity index (χ3n) is 2.58. The zero-order chi connectivity index (χ0) is 15.1. The number of hydrogen-bond acceptors (Lipinski definition) is 5. The Hall–Kier alpha value is -2.22. The van der Waals surface area contributed by atoms with Crippen LogP contribution in [0.3, 0.4) is 0 Å². The summed E-state index contributed by atoms with van der Waals surface area (Å²) in [6.45, 7) is 3.71. The van der Waals surface area contributed by atoms with Crippen LogP contribution in [0.2, 0.25) is 0 Å². The Morgan fingerprint density at radius 1 is 1.40 bits per heavy atom. The molecule has 1 aromatic rings. The summed E-state index contributed by atoms with van der Waals surface area (Å²) in [4.78, 5) is 21.7. The molecule has 0 radical (unpaired) electrons. The molecule has 0 aromatic heterocycles. The number of nitrogen functional groups attached to an aromatic ring is 1. The van der Waals surface area contributed by atoms with Gasteiger partial charge in [-0.2, -0.15) is 0 Å². The van der Waals surface area contributed by atoms with Gasteiger partial charge in [0, 0.05) is 13.1 Å². The fourth-order valence-electron chi connectivity index (χ4n) is 1.60. The highest BCUT2D eigenvalue weighted by Gasteiger charge is 2.21. The summed E-state index contributed by atoms with van der Waals surface area (Å²) in [6.07, 6.45) is 0.969. The zero-order valence-corrected chi connectivity index (χ0v) is 11.1. The third kappa shape index (κ3) is 4.16. The lowest BCUT2D eigenvalue weighted by atomic mass is 10.1. The SMILES string of the molecule is CCCNCCNC(=O)c1cc(F)cc([N+](=O)[O-])c1N. The van der Waals surface area contributed by atoms with E-state index in [0.29, 0.717) is 19.2 Å². The summed E-state index contributed by atoms with van der Waals surface area (Å²) in [6, 6.07) is 1.58. The van der Waals surface area contributed by atoms with E-state index in [1.54, 1.807) is 0 Å². The van der Waals surface area contributed by atoms with Crippen LogP contribution in [0.1, 0.15) is 23.7 Å². The molecule has 1 aromatic carbocycles. The van der Waals surface area contributed by atoms with E-state index < -0.39 is 22.3 Å². The molecule has 0 atom stereocenters. The summed E-state index contributed by atoms with van der Waals surface area (Å²) >= 11 is 0. The van der Waals surface area contributed by atoms with Crippen molar-refractivity contribution in [3.63, 3.8) is 0 Å². The molecular formula is C12H17FN4O3. The van der Waals surface area contributed by atoms with E-state index in [1.807, 2.05) is 6.92 Å². The van der Waals surface area contributed by atoms with Crippen molar-refractivity contribution in [2.75, 3.05) is 25.4 Å². The first kappa shape index (κ1) is 15.8. The number of benzene rings is 1. The molecule has 0 aliphatic heterocycles. The van der Waals surface area contributed by atoms with E-state index in [4.69, 9.17) is 5.73 Å². The first-order valence-corrected chi connectivity index (χ1v) is 6.19.